The van der Waals surface area contributed by atoms with E-state index in [1.54, 1.807) is 0 Å². The van der Waals surface area contributed by atoms with Crippen LogP contribution in [0.25, 0.3) is 0 Å². The van der Waals surface area contributed by atoms with Crippen LogP contribution in [0.3, 0.4) is 0 Å². The number of rotatable bonds is 9. The third kappa shape index (κ3) is 6.82. The van der Waals surface area contributed by atoms with Crippen LogP contribution in [-0.4, -0.2) is 61.0 Å². The summed E-state index contributed by atoms with van der Waals surface area (Å²) >= 11 is 0. The first-order chi connectivity index (χ1) is 14.2. The third-order valence-electron chi connectivity index (χ3n) is 4.86. The Morgan fingerprint density at radius 2 is 1.10 bits per heavy atom. The normalized spacial score (nSPS) is 13.8. The number of ether oxygens (including phenoxy) is 2. The molecule has 1 fully saturated rings. The van der Waals surface area contributed by atoms with Gasteiger partial charge in [-0.2, -0.15) is 0 Å². The number of piperazine rings is 1. The maximum atomic E-state index is 12.4. The van der Waals surface area contributed by atoms with Crippen molar-refractivity contribution in [3.05, 3.63) is 60.7 Å². The Hall–Kier alpha value is -3.02. The van der Waals surface area contributed by atoms with E-state index in [1.807, 2.05) is 70.5 Å². The molecule has 0 aromatic heterocycles. The Labute approximate surface area is 172 Å². The molecule has 0 atom stereocenters. The molecular formula is C23H28N2O4. The highest BCUT2D eigenvalue weighted by atomic mass is 16.5. The van der Waals surface area contributed by atoms with Crippen LogP contribution in [-0.2, 0) is 9.59 Å². The number of amides is 2. The van der Waals surface area contributed by atoms with Gasteiger partial charge in [0.15, 0.2) is 0 Å². The summed E-state index contributed by atoms with van der Waals surface area (Å²) in [5, 5.41) is 0. The molecule has 0 radical (unpaired) electrons. The summed E-state index contributed by atoms with van der Waals surface area (Å²) in [7, 11) is 0. The summed E-state index contributed by atoms with van der Waals surface area (Å²) in [4.78, 5) is 28.4. The van der Waals surface area contributed by atoms with Gasteiger partial charge in [0.25, 0.3) is 0 Å². The van der Waals surface area contributed by atoms with Crippen molar-refractivity contribution in [3.8, 4) is 11.5 Å². The quantitative estimate of drug-likeness (QED) is 0.612. The minimum atomic E-state index is 0.0734. The van der Waals surface area contributed by atoms with E-state index in [2.05, 4.69) is 0 Å². The van der Waals surface area contributed by atoms with Gasteiger partial charge >= 0.3 is 0 Å². The topological polar surface area (TPSA) is 59.1 Å². The predicted octanol–water partition coefficient (Wildman–Crippen LogP) is 2.99. The standard InChI is InChI=1S/C23H28N2O4/c26-22(12-7-18-28-20-8-3-1-4-9-20)24-14-16-25(17-15-24)23(27)13-19-29-21-10-5-2-6-11-21/h1-6,8-11H,7,12-19H2. The number of carbonyl (C=O) groups is 2. The van der Waals surface area contributed by atoms with E-state index in [4.69, 9.17) is 9.47 Å². The lowest BCUT2D eigenvalue weighted by Gasteiger charge is -2.35. The third-order valence-corrected chi connectivity index (χ3v) is 4.86. The Kier molecular flexibility index (Phi) is 7.92. The summed E-state index contributed by atoms with van der Waals surface area (Å²) in [5.41, 5.74) is 0. The van der Waals surface area contributed by atoms with Gasteiger partial charge in [-0.3, -0.25) is 9.59 Å². The van der Waals surface area contributed by atoms with E-state index in [-0.39, 0.29) is 11.8 Å². The molecule has 1 saturated heterocycles. The zero-order valence-electron chi connectivity index (χ0n) is 16.7. The van der Waals surface area contributed by atoms with Crippen LogP contribution in [0.1, 0.15) is 19.3 Å². The number of para-hydroxylation sites is 2. The molecule has 0 unspecified atom stereocenters. The molecular weight excluding hydrogens is 368 g/mol. The minimum Gasteiger partial charge on any atom is -0.494 e. The van der Waals surface area contributed by atoms with Crippen LogP contribution in [0.4, 0.5) is 0 Å². The molecule has 1 heterocycles. The summed E-state index contributed by atoms with van der Waals surface area (Å²) in [5.74, 6) is 1.79. The first kappa shape index (κ1) is 20.7. The van der Waals surface area contributed by atoms with Crippen molar-refractivity contribution >= 4 is 11.8 Å². The maximum absolute atomic E-state index is 12.4. The molecule has 0 bridgehead atoms. The molecule has 29 heavy (non-hydrogen) atoms. The van der Waals surface area contributed by atoms with E-state index in [9.17, 15) is 9.59 Å². The maximum Gasteiger partial charge on any atom is 0.226 e. The van der Waals surface area contributed by atoms with Crippen LogP contribution in [0.15, 0.2) is 60.7 Å². The minimum absolute atomic E-state index is 0.0734. The molecule has 2 amide bonds. The van der Waals surface area contributed by atoms with Crippen LogP contribution >= 0.6 is 0 Å². The Morgan fingerprint density at radius 1 is 0.655 bits per heavy atom. The number of benzene rings is 2. The van der Waals surface area contributed by atoms with Crippen molar-refractivity contribution in [3.63, 3.8) is 0 Å². The van der Waals surface area contributed by atoms with E-state index < -0.39 is 0 Å². The van der Waals surface area contributed by atoms with Crippen molar-refractivity contribution in [2.45, 2.75) is 19.3 Å². The fraction of sp³-hybridized carbons (Fsp3) is 0.391. The molecule has 1 aliphatic rings. The first-order valence-corrected chi connectivity index (χ1v) is 10.1. The fourth-order valence-electron chi connectivity index (χ4n) is 3.22. The van der Waals surface area contributed by atoms with Gasteiger partial charge in [0.1, 0.15) is 11.5 Å². The second kappa shape index (κ2) is 11.1. The Morgan fingerprint density at radius 3 is 1.62 bits per heavy atom. The Balaban J connectivity index is 1.28. The number of nitrogens with zero attached hydrogens (tertiary/aromatic N) is 2. The molecule has 154 valence electrons. The zero-order chi connectivity index (χ0) is 20.3. The van der Waals surface area contributed by atoms with Gasteiger partial charge in [-0.1, -0.05) is 36.4 Å². The van der Waals surface area contributed by atoms with Crippen molar-refractivity contribution < 1.29 is 19.1 Å². The van der Waals surface area contributed by atoms with Crippen LogP contribution < -0.4 is 9.47 Å². The highest BCUT2D eigenvalue weighted by Gasteiger charge is 2.23. The van der Waals surface area contributed by atoms with E-state index in [0.717, 1.165) is 11.5 Å². The van der Waals surface area contributed by atoms with Gasteiger partial charge in [0, 0.05) is 32.6 Å². The summed E-state index contributed by atoms with van der Waals surface area (Å²) in [6, 6.07) is 19.1. The summed E-state index contributed by atoms with van der Waals surface area (Å²) in [6.07, 6.45) is 1.50. The van der Waals surface area contributed by atoms with Gasteiger partial charge in [-0.15, -0.1) is 0 Å². The summed E-state index contributed by atoms with van der Waals surface area (Å²) < 4.78 is 11.2. The first-order valence-electron chi connectivity index (χ1n) is 10.1. The monoisotopic (exact) mass is 396 g/mol. The van der Waals surface area contributed by atoms with Crippen molar-refractivity contribution in [1.29, 1.82) is 0 Å². The van der Waals surface area contributed by atoms with Gasteiger partial charge in [0.2, 0.25) is 11.8 Å². The van der Waals surface area contributed by atoms with Crippen LogP contribution in [0, 0.1) is 0 Å². The lowest BCUT2D eigenvalue weighted by molar-refractivity contribution is -0.140. The molecule has 1 aliphatic heterocycles. The molecule has 0 saturated carbocycles. The summed E-state index contributed by atoms with van der Waals surface area (Å²) in [6.45, 7) is 3.22. The highest BCUT2D eigenvalue weighted by Crippen LogP contribution is 2.12. The predicted molar refractivity (Wildman–Crippen MR) is 111 cm³/mol. The number of hydrogen-bond donors (Lipinski definition) is 0. The molecule has 6 nitrogen and oxygen atoms in total. The molecule has 0 spiro atoms. The molecule has 2 aromatic carbocycles. The zero-order valence-corrected chi connectivity index (χ0v) is 16.7. The van der Waals surface area contributed by atoms with Crippen molar-refractivity contribution in [2.75, 3.05) is 39.4 Å². The molecule has 0 N–H and O–H groups in total. The van der Waals surface area contributed by atoms with Crippen molar-refractivity contribution in [2.24, 2.45) is 0 Å². The lowest BCUT2D eigenvalue weighted by Crippen LogP contribution is -2.50. The molecule has 6 heteroatoms. The average molecular weight is 396 g/mol. The Bertz CT molecular complexity index is 759. The molecule has 0 aliphatic carbocycles. The van der Waals surface area contributed by atoms with Crippen LogP contribution in [0.5, 0.6) is 11.5 Å². The lowest BCUT2D eigenvalue weighted by atomic mass is 10.2. The number of hydrogen-bond acceptors (Lipinski definition) is 4. The smallest absolute Gasteiger partial charge is 0.226 e. The second-order valence-electron chi connectivity index (χ2n) is 6.94. The van der Waals surface area contributed by atoms with Crippen molar-refractivity contribution in [1.82, 2.24) is 9.80 Å². The SMILES string of the molecule is O=C(CCCOc1ccccc1)N1CCN(C(=O)CCOc2ccccc2)CC1. The number of carbonyl (C=O) groups excluding carboxylic acids is 2. The average Bonchev–Trinajstić information content (AvgIpc) is 2.78. The van der Waals surface area contributed by atoms with Crippen LogP contribution in [0.2, 0.25) is 0 Å². The van der Waals surface area contributed by atoms with E-state index >= 15 is 0 Å². The van der Waals surface area contributed by atoms with Gasteiger partial charge in [-0.05, 0) is 30.7 Å². The van der Waals surface area contributed by atoms with Gasteiger partial charge < -0.3 is 19.3 Å². The van der Waals surface area contributed by atoms with Gasteiger partial charge in [0.05, 0.1) is 19.6 Å². The molecule has 2 aromatic rings. The van der Waals surface area contributed by atoms with Gasteiger partial charge in [-0.25, -0.2) is 0 Å². The van der Waals surface area contributed by atoms with E-state index in [0.29, 0.717) is 58.7 Å². The fourth-order valence-corrected chi connectivity index (χ4v) is 3.22. The van der Waals surface area contributed by atoms with E-state index in [1.165, 1.54) is 0 Å². The second-order valence-corrected chi connectivity index (χ2v) is 6.94. The highest BCUT2D eigenvalue weighted by molar-refractivity contribution is 5.78. The largest absolute Gasteiger partial charge is 0.494 e. The molecule has 3 rings (SSSR count).